The smallest absolute Gasteiger partial charge is 0.322 e. The van der Waals surface area contributed by atoms with Gasteiger partial charge in [0.05, 0.1) is 5.92 Å². The fourth-order valence-electron chi connectivity index (χ4n) is 3.20. The second-order valence-corrected chi connectivity index (χ2v) is 6.75. The first-order valence-corrected chi connectivity index (χ1v) is 7.89. The number of carbonyl (C=O) groups excluding carboxylic acids is 2. The molecule has 2 aliphatic rings. The van der Waals surface area contributed by atoms with Crippen molar-refractivity contribution >= 4 is 41.1 Å². The van der Waals surface area contributed by atoms with Gasteiger partial charge in [-0.2, -0.15) is 0 Å². The number of urea groups is 1. The largest absolute Gasteiger partial charge is 0.481 e. The summed E-state index contributed by atoms with van der Waals surface area (Å²) in [6.45, 7) is 0. The molecule has 1 unspecified atom stereocenters. The molecule has 6 nitrogen and oxygen atoms in total. The molecule has 1 aliphatic heterocycles. The van der Waals surface area contributed by atoms with Crippen molar-refractivity contribution in [3.63, 3.8) is 0 Å². The number of hydrogen-bond acceptors (Lipinski definition) is 3. The zero-order chi connectivity index (χ0) is 16.8. The predicted octanol–water partition coefficient (Wildman–Crippen LogP) is 2.22. The summed E-state index contributed by atoms with van der Waals surface area (Å²) in [5.41, 5.74) is -0.403. The highest BCUT2D eigenvalue weighted by Gasteiger charge is 2.62. The Morgan fingerprint density at radius 2 is 2.09 bits per heavy atom. The third-order valence-corrected chi connectivity index (χ3v) is 5.10. The minimum Gasteiger partial charge on any atom is -0.481 e. The molecule has 2 fully saturated rings. The molecule has 1 saturated carbocycles. The lowest BCUT2D eigenvalue weighted by Crippen LogP contribution is -2.50. The van der Waals surface area contributed by atoms with Gasteiger partial charge in [0.25, 0.3) is 5.91 Å². The van der Waals surface area contributed by atoms with Crippen LogP contribution in [0.3, 0.4) is 0 Å². The van der Waals surface area contributed by atoms with Crippen LogP contribution in [0.4, 0.5) is 4.79 Å². The van der Waals surface area contributed by atoms with Crippen LogP contribution in [0, 0.1) is 11.8 Å². The van der Waals surface area contributed by atoms with Crippen molar-refractivity contribution in [1.29, 1.82) is 0 Å². The first-order valence-electron chi connectivity index (χ1n) is 7.14. The molecule has 1 aromatic rings. The van der Waals surface area contributed by atoms with E-state index >= 15 is 0 Å². The van der Waals surface area contributed by atoms with Crippen molar-refractivity contribution in [3.8, 4) is 0 Å². The Labute approximate surface area is 142 Å². The number of amides is 3. The summed E-state index contributed by atoms with van der Waals surface area (Å²) in [6.07, 6.45) is 1.07. The Bertz CT molecular complexity index is 709. The number of aliphatic carboxylic acids is 1. The molecule has 1 heterocycles. The molecule has 1 aliphatic carbocycles. The third-order valence-electron chi connectivity index (χ3n) is 4.51. The summed E-state index contributed by atoms with van der Waals surface area (Å²) in [6, 6.07) is 4.47. The van der Waals surface area contributed by atoms with E-state index in [-0.39, 0.29) is 6.42 Å². The maximum atomic E-state index is 12.3. The molecule has 3 atom stereocenters. The number of rotatable bonds is 5. The van der Waals surface area contributed by atoms with Crippen LogP contribution in [0.1, 0.15) is 18.4 Å². The monoisotopic (exact) mass is 356 g/mol. The standard InChI is InChI=1S/C15H14Cl2N2O4/c16-8-2-1-7(11(17)5-8)3-4-15(10-6-9(10)12(20)21)13(22)18-14(23)19-15/h1-2,5,9-10H,3-4,6H2,(H,20,21)(H2,18,19,22,23)/t9-,10-,15?/m0/s1. The SMILES string of the molecule is O=C1NC(=O)C(CCc2ccc(Cl)cc2Cl)([C@H]2C[C@@H]2C(=O)O)N1. The Morgan fingerprint density at radius 3 is 2.61 bits per heavy atom. The van der Waals surface area contributed by atoms with Crippen LogP contribution in [0.25, 0.3) is 0 Å². The van der Waals surface area contributed by atoms with E-state index in [1.54, 1.807) is 18.2 Å². The Kier molecular flexibility index (Phi) is 3.98. The van der Waals surface area contributed by atoms with Gasteiger partial charge in [0, 0.05) is 16.0 Å². The van der Waals surface area contributed by atoms with Crippen LogP contribution >= 0.6 is 23.2 Å². The van der Waals surface area contributed by atoms with Crippen molar-refractivity contribution < 1.29 is 19.5 Å². The summed E-state index contributed by atoms with van der Waals surface area (Å²) in [5, 5.41) is 15.0. The van der Waals surface area contributed by atoms with E-state index in [0.717, 1.165) is 5.56 Å². The van der Waals surface area contributed by atoms with Crippen molar-refractivity contribution in [2.24, 2.45) is 11.8 Å². The summed E-state index contributed by atoms with van der Waals surface area (Å²) >= 11 is 12.0. The molecular weight excluding hydrogens is 343 g/mol. The molecule has 3 rings (SSSR count). The van der Waals surface area contributed by atoms with Crippen LogP contribution in [-0.2, 0) is 16.0 Å². The van der Waals surface area contributed by atoms with Gasteiger partial charge in [-0.25, -0.2) is 4.79 Å². The number of carbonyl (C=O) groups is 3. The van der Waals surface area contributed by atoms with Crippen molar-refractivity contribution in [3.05, 3.63) is 33.8 Å². The summed E-state index contributed by atoms with van der Waals surface area (Å²) in [4.78, 5) is 35.0. The number of carboxylic acids is 1. The lowest BCUT2D eigenvalue weighted by Gasteiger charge is -2.26. The molecule has 0 spiro atoms. The molecule has 122 valence electrons. The average molecular weight is 357 g/mol. The minimum absolute atomic E-state index is 0.278. The zero-order valence-electron chi connectivity index (χ0n) is 11.9. The van der Waals surface area contributed by atoms with Gasteiger partial charge in [-0.15, -0.1) is 0 Å². The summed E-state index contributed by atoms with van der Waals surface area (Å²) < 4.78 is 0. The van der Waals surface area contributed by atoms with Gasteiger partial charge in [0.2, 0.25) is 0 Å². The zero-order valence-corrected chi connectivity index (χ0v) is 13.4. The van der Waals surface area contributed by atoms with Crippen LogP contribution in [0.5, 0.6) is 0 Å². The van der Waals surface area contributed by atoms with Gasteiger partial charge in [0.1, 0.15) is 5.54 Å². The van der Waals surface area contributed by atoms with E-state index in [4.69, 9.17) is 28.3 Å². The lowest BCUT2D eigenvalue weighted by molar-refractivity contribution is -0.139. The Morgan fingerprint density at radius 1 is 1.35 bits per heavy atom. The molecule has 0 bridgehead atoms. The van der Waals surface area contributed by atoms with E-state index in [0.29, 0.717) is 22.9 Å². The molecular formula is C15H14Cl2N2O4. The summed E-state index contributed by atoms with van der Waals surface area (Å²) in [5.74, 6) is -2.44. The Balaban J connectivity index is 1.82. The van der Waals surface area contributed by atoms with E-state index in [1.807, 2.05) is 0 Å². The fourth-order valence-corrected chi connectivity index (χ4v) is 3.70. The molecule has 3 N–H and O–H groups in total. The average Bonchev–Trinajstić information content (AvgIpc) is 3.20. The second-order valence-electron chi connectivity index (χ2n) is 5.90. The van der Waals surface area contributed by atoms with E-state index < -0.39 is 35.3 Å². The fraction of sp³-hybridized carbons (Fsp3) is 0.400. The van der Waals surface area contributed by atoms with E-state index in [1.165, 1.54) is 0 Å². The molecule has 3 amide bonds. The highest BCUT2D eigenvalue weighted by Crippen LogP contribution is 2.49. The molecule has 0 radical (unpaired) electrons. The molecule has 8 heteroatoms. The molecule has 0 aromatic heterocycles. The topological polar surface area (TPSA) is 95.5 Å². The summed E-state index contributed by atoms with van der Waals surface area (Å²) in [7, 11) is 0. The van der Waals surface area contributed by atoms with Gasteiger partial charge in [-0.3, -0.25) is 14.9 Å². The number of aryl methyl sites for hydroxylation is 1. The molecule has 1 aromatic carbocycles. The number of halogens is 2. The van der Waals surface area contributed by atoms with Gasteiger partial charge < -0.3 is 10.4 Å². The van der Waals surface area contributed by atoms with Gasteiger partial charge in [-0.05, 0) is 37.0 Å². The molecule has 23 heavy (non-hydrogen) atoms. The number of carboxylic acid groups (broad SMARTS) is 1. The number of imide groups is 1. The minimum atomic E-state index is -1.19. The number of nitrogens with one attached hydrogen (secondary N) is 2. The van der Waals surface area contributed by atoms with Crippen LogP contribution < -0.4 is 10.6 Å². The highest BCUT2D eigenvalue weighted by atomic mass is 35.5. The van der Waals surface area contributed by atoms with Crippen LogP contribution in [0.15, 0.2) is 18.2 Å². The quantitative estimate of drug-likeness (QED) is 0.704. The first kappa shape index (κ1) is 16.1. The highest BCUT2D eigenvalue weighted by molar-refractivity contribution is 6.35. The lowest BCUT2D eigenvalue weighted by atomic mass is 9.85. The van der Waals surface area contributed by atoms with Crippen molar-refractivity contribution in [1.82, 2.24) is 10.6 Å². The second kappa shape index (κ2) is 5.69. The first-order chi connectivity index (χ1) is 10.8. The van der Waals surface area contributed by atoms with E-state index in [9.17, 15) is 14.4 Å². The van der Waals surface area contributed by atoms with Gasteiger partial charge in [0.15, 0.2) is 0 Å². The van der Waals surface area contributed by atoms with Crippen molar-refractivity contribution in [2.75, 3.05) is 0 Å². The van der Waals surface area contributed by atoms with Crippen LogP contribution in [0.2, 0.25) is 10.0 Å². The number of benzene rings is 1. The molecule has 1 saturated heterocycles. The Hall–Kier alpha value is -1.79. The maximum absolute atomic E-state index is 12.3. The van der Waals surface area contributed by atoms with Crippen molar-refractivity contribution in [2.45, 2.75) is 24.8 Å². The van der Waals surface area contributed by atoms with Gasteiger partial charge >= 0.3 is 12.0 Å². The number of hydrogen-bond donors (Lipinski definition) is 3. The predicted molar refractivity (Wildman–Crippen MR) is 83.4 cm³/mol. The third kappa shape index (κ3) is 2.88. The van der Waals surface area contributed by atoms with Crippen LogP contribution in [-0.4, -0.2) is 28.6 Å². The normalized spacial score (nSPS) is 29.1. The maximum Gasteiger partial charge on any atom is 0.322 e. The van der Waals surface area contributed by atoms with E-state index in [2.05, 4.69) is 10.6 Å². The van der Waals surface area contributed by atoms with Gasteiger partial charge in [-0.1, -0.05) is 29.3 Å².